The van der Waals surface area contributed by atoms with Gasteiger partial charge in [0, 0.05) is 50.9 Å². The second kappa shape index (κ2) is 8.17. The zero-order valence-corrected chi connectivity index (χ0v) is 16.9. The van der Waals surface area contributed by atoms with Crippen molar-refractivity contribution in [1.29, 1.82) is 0 Å². The third kappa shape index (κ3) is 3.96. The Kier molecular flexibility index (Phi) is 5.46. The molecule has 6 heteroatoms. The number of nitrogens with zero attached hydrogens (tertiary/aromatic N) is 5. The molecule has 0 atom stereocenters. The van der Waals surface area contributed by atoms with Crippen molar-refractivity contribution in [3.8, 4) is 0 Å². The topological polar surface area (TPSA) is 52.6 Å². The van der Waals surface area contributed by atoms with E-state index in [4.69, 9.17) is 0 Å². The van der Waals surface area contributed by atoms with Crippen LogP contribution in [0.1, 0.15) is 40.7 Å². The normalized spacial score (nSPS) is 17.7. The molecule has 1 aromatic heterocycles. The molecule has 0 unspecified atom stereocenters. The molecule has 0 saturated carbocycles. The third-order valence-electron chi connectivity index (χ3n) is 5.82. The van der Waals surface area contributed by atoms with Crippen molar-refractivity contribution in [2.75, 3.05) is 49.1 Å². The Morgan fingerprint density at radius 1 is 0.821 bits per heavy atom. The van der Waals surface area contributed by atoms with E-state index in [0.29, 0.717) is 0 Å². The fourth-order valence-corrected chi connectivity index (χ4v) is 4.17. The summed E-state index contributed by atoms with van der Waals surface area (Å²) in [5, 5.41) is 0. The highest BCUT2D eigenvalue weighted by molar-refractivity contribution is 5.95. The van der Waals surface area contributed by atoms with Crippen LogP contribution in [-0.2, 0) is 0 Å². The zero-order valence-electron chi connectivity index (χ0n) is 16.9. The first kappa shape index (κ1) is 18.7. The minimum absolute atomic E-state index is 0.133. The lowest BCUT2D eigenvalue weighted by Crippen LogP contribution is -2.49. The number of piperidine rings is 1. The predicted molar refractivity (Wildman–Crippen MR) is 112 cm³/mol. The van der Waals surface area contributed by atoms with E-state index in [1.807, 2.05) is 24.0 Å². The Bertz CT molecular complexity index is 839. The van der Waals surface area contributed by atoms with E-state index < -0.39 is 0 Å². The van der Waals surface area contributed by atoms with Gasteiger partial charge in [0.15, 0.2) is 0 Å². The second-order valence-corrected chi connectivity index (χ2v) is 7.88. The van der Waals surface area contributed by atoms with Gasteiger partial charge >= 0.3 is 0 Å². The molecule has 3 heterocycles. The molecule has 148 valence electrons. The lowest BCUT2D eigenvalue weighted by atomic mass is 10.0. The maximum atomic E-state index is 12.9. The van der Waals surface area contributed by atoms with Gasteiger partial charge in [-0.15, -0.1) is 0 Å². The number of aromatic nitrogens is 2. The summed E-state index contributed by atoms with van der Waals surface area (Å²) in [4.78, 5) is 28.5. The van der Waals surface area contributed by atoms with Gasteiger partial charge in [-0.1, -0.05) is 17.7 Å². The molecule has 6 nitrogen and oxygen atoms in total. The van der Waals surface area contributed by atoms with Gasteiger partial charge in [0.1, 0.15) is 18.0 Å². The molecule has 0 spiro atoms. The molecule has 0 N–H and O–H groups in total. The van der Waals surface area contributed by atoms with Crippen LogP contribution >= 0.6 is 0 Å². The second-order valence-electron chi connectivity index (χ2n) is 7.88. The van der Waals surface area contributed by atoms with Crippen molar-refractivity contribution in [3.05, 3.63) is 47.3 Å². The molecular weight excluding hydrogens is 350 g/mol. The van der Waals surface area contributed by atoms with Gasteiger partial charge in [-0.25, -0.2) is 9.97 Å². The van der Waals surface area contributed by atoms with Crippen LogP contribution in [0.15, 0.2) is 30.6 Å². The highest BCUT2D eigenvalue weighted by Crippen LogP contribution is 2.22. The summed E-state index contributed by atoms with van der Waals surface area (Å²) in [6.07, 6.45) is 5.45. The van der Waals surface area contributed by atoms with Crippen LogP contribution in [0.25, 0.3) is 0 Å². The molecule has 0 bridgehead atoms. The van der Waals surface area contributed by atoms with E-state index in [1.54, 1.807) is 6.33 Å². The number of carbonyl (C=O) groups is 1. The highest BCUT2D eigenvalue weighted by atomic mass is 16.2. The number of carbonyl (C=O) groups excluding carboxylic acids is 1. The van der Waals surface area contributed by atoms with Crippen LogP contribution in [-0.4, -0.2) is 60.0 Å². The number of anilines is 2. The van der Waals surface area contributed by atoms with Gasteiger partial charge < -0.3 is 14.7 Å². The number of amides is 1. The maximum Gasteiger partial charge on any atom is 0.254 e. The van der Waals surface area contributed by atoms with Gasteiger partial charge in [0.05, 0.1) is 0 Å². The number of piperazine rings is 1. The van der Waals surface area contributed by atoms with Crippen molar-refractivity contribution in [2.45, 2.75) is 33.1 Å². The third-order valence-corrected chi connectivity index (χ3v) is 5.82. The highest BCUT2D eigenvalue weighted by Gasteiger charge is 2.24. The SMILES string of the molecule is Cc1ccc(C(=O)N2CCN(c3cc(N4CCCCC4)ncn3)CC2)c(C)c1. The molecule has 0 radical (unpaired) electrons. The molecule has 2 aliphatic rings. The van der Waals surface area contributed by atoms with Crippen molar-refractivity contribution < 1.29 is 4.79 Å². The number of benzene rings is 1. The number of aryl methyl sites for hydroxylation is 2. The first-order valence-corrected chi connectivity index (χ1v) is 10.3. The molecular formula is C22H29N5O. The fraction of sp³-hybridized carbons (Fsp3) is 0.500. The Balaban J connectivity index is 1.40. The largest absolute Gasteiger partial charge is 0.356 e. The van der Waals surface area contributed by atoms with E-state index in [-0.39, 0.29) is 5.91 Å². The van der Waals surface area contributed by atoms with Crippen molar-refractivity contribution >= 4 is 17.5 Å². The molecule has 4 rings (SSSR count). The zero-order chi connectivity index (χ0) is 19.5. The van der Waals surface area contributed by atoms with Crippen LogP contribution in [0.4, 0.5) is 11.6 Å². The number of hydrogen-bond acceptors (Lipinski definition) is 5. The fourth-order valence-electron chi connectivity index (χ4n) is 4.17. The maximum absolute atomic E-state index is 12.9. The van der Waals surface area contributed by atoms with E-state index >= 15 is 0 Å². The Hall–Kier alpha value is -2.63. The van der Waals surface area contributed by atoms with E-state index in [0.717, 1.165) is 62.0 Å². The van der Waals surface area contributed by atoms with Gasteiger partial charge in [0.2, 0.25) is 0 Å². The van der Waals surface area contributed by atoms with Crippen LogP contribution in [0.5, 0.6) is 0 Å². The van der Waals surface area contributed by atoms with E-state index in [2.05, 4.69) is 38.8 Å². The molecule has 1 aromatic carbocycles. The molecule has 0 aliphatic carbocycles. The Morgan fingerprint density at radius 2 is 1.46 bits per heavy atom. The van der Waals surface area contributed by atoms with Crippen LogP contribution in [0, 0.1) is 13.8 Å². The summed E-state index contributed by atoms with van der Waals surface area (Å²) in [6, 6.07) is 8.15. The summed E-state index contributed by atoms with van der Waals surface area (Å²) in [7, 11) is 0. The van der Waals surface area contributed by atoms with Gasteiger partial charge in [-0.3, -0.25) is 4.79 Å². The molecule has 2 fully saturated rings. The van der Waals surface area contributed by atoms with Crippen LogP contribution in [0.3, 0.4) is 0 Å². The summed E-state index contributed by atoms with van der Waals surface area (Å²) in [5.41, 5.74) is 3.05. The van der Waals surface area contributed by atoms with Crippen molar-refractivity contribution in [2.24, 2.45) is 0 Å². The lowest BCUT2D eigenvalue weighted by Gasteiger charge is -2.36. The summed E-state index contributed by atoms with van der Waals surface area (Å²) in [6.45, 7) is 9.26. The first-order chi connectivity index (χ1) is 13.6. The molecule has 28 heavy (non-hydrogen) atoms. The lowest BCUT2D eigenvalue weighted by molar-refractivity contribution is 0.0746. The van der Waals surface area contributed by atoms with Crippen molar-refractivity contribution in [3.63, 3.8) is 0 Å². The number of rotatable bonds is 3. The van der Waals surface area contributed by atoms with E-state index in [9.17, 15) is 4.79 Å². The minimum atomic E-state index is 0.133. The Labute approximate surface area is 167 Å². The number of hydrogen-bond donors (Lipinski definition) is 0. The van der Waals surface area contributed by atoms with Crippen LogP contribution in [0.2, 0.25) is 0 Å². The van der Waals surface area contributed by atoms with Crippen molar-refractivity contribution in [1.82, 2.24) is 14.9 Å². The Morgan fingerprint density at radius 3 is 2.11 bits per heavy atom. The van der Waals surface area contributed by atoms with Gasteiger partial charge in [0.25, 0.3) is 5.91 Å². The average molecular weight is 380 g/mol. The van der Waals surface area contributed by atoms with Gasteiger partial charge in [-0.05, 0) is 44.7 Å². The smallest absolute Gasteiger partial charge is 0.254 e. The monoisotopic (exact) mass is 379 g/mol. The summed E-state index contributed by atoms with van der Waals surface area (Å²) in [5.74, 6) is 2.13. The summed E-state index contributed by atoms with van der Waals surface area (Å²) >= 11 is 0. The average Bonchev–Trinajstić information content (AvgIpc) is 2.74. The quantitative estimate of drug-likeness (QED) is 0.820. The predicted octanol–water partition coefficient (Wildman–Crippen LogP) is 3.05. The standard InChI is InChI=1S/C22H29N5O/c1-17-6-7-19(18(2)14-17)22(28)27-12-10-26(11-13-27)21-15-20(23-16-24-21)25-8-4-3-5-9-25/h6-7,14-16H,3-5,8-13H2,1-2H3. The molecule has 2 saturated heterocycles. The van der Waals surface area contributed by atoms with E-state index in [1.165, 1.54) is 24.8 Å². The molecule has 1 amide bonds. The molecule has 2 aromatic rings. The van der Waals surface area contributed by atoms with Gasteiger partial charge in [-0.2, -0.15) is 0 Å². The first-order valence-electron chi connectivity index (χ1n) is 10.3. The van der Waals surface area contributed by atoms with Crippen LogP contribution < -0.4 is 9.80 Å². The summed E-state index contributed by atoms with van der Waals surface area (Å²) < 4.78 is 0. The molecule has 2 aliphatic heterocycles. The minimum Gasteiger partial charge on any atom is -0.356 e.